The topological polar surface area (TPSA) is 101 Å². The minimum atomic E-state index is -3.92. The predicted molar refractivity (Wildman–Crippen MR) is 72.4 cm³/mol. The number of nitrogens with one attached hydrogen (secondary N) is 1. The lowest BCUT2D eigenvalue weighted by Gasteiger charge is -2.05. The largest absolute Gasteiger partial charge is 0.477 e. The van der Waals surface area contributed by atoms with Gasteiger partial charge in [0.1, 0.15) is 16.4 Å². The molecule has 2 rings (SSSR count). The molecule has 106 valence electrons. The zero-order chi connectivity index (χ0) is 14.9. The van der Waals surface area contributed by atoms with Gasteiger partial charge in [-0.25, -0.2) is 18.2 Å². The van der Waals surface area contributed by atoms with Gasteiger partial charge in [-0.05, 0) is 12.1 Å². The molecule has 2 aromatic heterocycles. The predicted octanol–water partition coefficient (Wildman–Crippen LogP) is 1.57. The summed E-state index contributed by atoms with van der Waals surface area (Å²) in [4.78, 5) is 14.5. The quantitative estimate of drug-likeness (QED) is 0.891. The monoisotopic (exact) mass is 315 g/mol. The van der Waals surface area contributed by atoms with Crippen LogP contribution in [0.5, 0.6) is 0 Å². The molecule has 0 spiro atoms. The van der Waals surface area contributed by atoms with Crippen LogP contribution < -0.4 is 4.72 Å². The lowest BCUT2D eigenvalue weighted by atomic mass is 10.4. The summed E-state index contributed by atoms with van der Waals surface area (Å²) in [5, 5.41) is 9.24. The van der Waals surface area contributed by atoms with E-state index in [1.807, 2.05) is 0 Å². The van der Waals surface area contributed by atoms with Gasteiger partial charge in [-0.2, -0.15) is 0 Å². The van der Waals surface area contributed by atoms with Crippen LogP contribution in [0.3, 0.4) is 0 Å². The van der Waals surface area contributed by atoms with Crippen LogP contribution in [-0.4, -0.2) is 29.0 Å². The molecule has 2 aromatic rings. The summed E-state index contributed by atoms with van der Waals surface area (Å²) in [5.41, 5.74) is -0.135. The average Bonchev–Trinajstić information content (AvgIpc) is 2.71. The first-order valence-corrected chi connectivity index (χ1v) is 7.20. The Bertz CT molecular complexity index is 770. The van der Waals surface area contributed by atoms with Crippen molar-refractivity contribution in [3.05, 3.63) is 41.3 Å². The van der Waals surface area contributed by atoms with Crippen LogP contribution >= 0.6 is 11.6 Å². The van der Waals surface area contributed by atoms with Gasteiger partial charge in [0.2, 0.25) is 0 Å². The lowest BCUT2D eigenvalue weighted by Crippen LogP contribution is -2.13. The van der Waals surface area contributed by atoms with E-state index in [2.05, 4.69) is 9.71 Å². The van der Waals surface area contributed by atoms with E-state index in [-0.39, 0.29) is 16.4 Å². The molecule has 0 unspecified atom stereocenters. The van der Waals surface area contributed by atoms with E-state index < -0.39 is 16.0 Å². The summed E-state index contributed by atoms with van der Waals surface area (Å²) >= 11 is 5.73. The maximum atomic E-state index is 12.1. The van der Waals surface area contributed by atoms with Crippen molar-refractivity contribution < 1.29 is 18.3 Å². The highest BCUT2D eigenvalue weighted by Crippen LogP contribution is 2.19. The summed E-state index contributed by atoms with van der Waals surface area (Å²) in [5.74, 6) is -1.16. The molecule has 0 saturated carbocycles. The Morgan fingerprint density at radius 1 is 1.45 bits per heavy atom. The maximum absolute atomic E-state index is 12.1. The van der Waals surface area contributed by atoms with Gasteiger partial charge < -0.3 is 9.67 Å². The van der Waals surface area contributed by atoms with Crippen molar-refractivity contribution in [1.29, 1.82) is 0 Å². The summed E-state index contributed by atoms with van der Waals surface area (Å²) in [6, 6.07) is 3.92. The van der Waals surface area contributed by atoms with Crippen molar-refractivity contribution in [1.82, 2.24) is 9.55 Å². The Morgan fingerprint density at radius 3 is 2.70 bits per heavy atom. The summed E-state index contributed by atoms with van der Waals surface area (Å²) < 4.78 is 27.6. The fourth-order valence-corrected chi connectivity index (χ4v) is 2.78. The van der Waals surface area contributed by atoms with E-state index in [1.54, 1.807) is 0 Å². The number of carboxylic acid groups (broad SMARTS) is 1. The summed E-state index contributed by atoms with van der Waals surface area (Å²) in [7, 11) is -2.48. The Balaban J connectivity index is 2.36. The standard InChI is InChI=1S/C11H10ClN3O4S/c1-15-6-8(5-9(15)11(16)17)20(18,19)14-10-4-7(12)2-3-13-10/h2-6H,1H3,(H,13,14)(H,16,17). The van der Waals surface area contributed by atoms with Gasteiger partial charge in [0.05, 0.1) is 0 Å². The second kappa shape index (κ2) is 5.14. The molecule has 2 N–H and O–H groups in total. The number of halogens is 1. The molecule has 0 aliphatic carbocycles. The number of carboxylic acids is 1. The molecule has 0 atom stereocenters. The molecule has 0 aliphatic rings. The Kier molecular flexibility index (Phi) is 3.69. The van der Waals surface area contributed by atoms with E-state index in [1.165, 1.54) is 36.1 Å². The smallest absolute Gasteiger partial charge is 0.352 e. The van der Waals surface area contributed by atoms with E-state index in [4.69, 9.17) is 16.7 Å². The van der Waals surface area contributed by atoms with Gasteiger partial charge in [0, 0.05) is 30.5 Å². The normalized spacial score (nSPS) is 11.3. The molecule has 0 fully saturated rings. The maximum Gasteiger partial charge on any atom is 0.352 e. The second-order valence-electron chi connectivity index (χ2n) is 3.94. The molecule has 0 aliphatic heterocycles. The van der Waals surface area contributed by atoms with Gasteiger partial charge in [-0.3, -0.25) is 4.72 Å². The molecular weight excluding hydrogens is 306 g/mol. The first kappa shape index (κ1) is 14.4. The fraction of sp³-hybridized carbons (Fsp3) is 0.0909. The van der Waals surface area contributed by atoms with Crippen LogP contribution in [-0.2, 0) is 17.1 Å². The first-order valence-electron chi connectivity index (χ1n) is 5.33. The highest BCUT2D eigenvalue weighted by atomic mass is 35.5. The molecule has 2 heterocycles. The molecule has 0 aromatic carbocycles. The van der Waals surface area contributed by atoms with Crippen molar-refractivity contribution in [3.8, 4) is 0 Å². The van der Waals surface area contributed by atoms with Crippen molar-refractivity contribution in [3.63, 3.8) is 0 Å². The number of aryl methyl sites for hydroxylation is 1. The van der Waals surface area contributed by atoms with Crippen LogP contribution in [0.2, 0.25) is 5.02 Å². The van der Waals surface area contributed by atoms with Gasteiger partial charge >= 0.3 is 5.97 Å². The third kappa shape index (κ3) is 2.91. The number of anilines is 1. The van der Waals surface area contributed by atoms with E-state index in [0.29, 0.717) is 5.02 Å². The zero-order valence-electron chi connectivity index (χ0n) is 10.2. The molecule has 9 heteroatoms. The minimum Gasteiger partial charge on any atom is -0.477 e. The number of aromatic carboxylic acids is 1. The number of hydrogen-bond donors (Lipinski definition) is 2. The Labute approximate surface area is 119 Å². The molecule has 0 bridgehead atoms. The molecule has 0 amide bonds. The number of sulfonamides is 1. The molecule has 20 heavy (non-hydrogen) atoms. The molecule has 0 radical (unpaired) electrons. The number of pyridine rings is 1. The first-order chi connectivity index (χ1) is 9.29. The van der Waals surface area contributed by atoms with Gasteiger partial charge in [0.25, 0.3) is 10.0 Å². The average molecular weight is 316 g/mol. The zero-order valence-corrected chi connectivity index (χ0v) is 11.8. The highest BCUT2D eigenvalue weighted by molar-refractivity contribution is 7.92. The van der Waals surface area contributed by atoms with Crippen LogP contribution in [0.25, 0.3) is 0 Å². The van der Waals surface area contributed by atoms with Crippen molar-refractivity contribution >= 4 is 33.4 Å². The number of aromatic nitrogens is 2. The van der Waals surface area contributed by atoms with Gasteiger partial charge in [-0.15, -0.1) is 0 Å². The molecular formula is C11H10ClN3O4S. The minimum absolute atomic E-state index is 0.0539. The summed E-state index contributed by atoms with van der Waals surface area (Å²) in [6.45, 7) is 0. The lowest BCUT2D eigenvalue weighted by molar-refractivity contribution is 0.0686. The Morgan fingerprint density at radius 2 is 2.15 bits per heavy atom. The van der Waals surface area contributed by atoms with Crippen molar-refractivity contribution in [2.24, 2.45) is 7.05 Å². The van der Waals surface area contributed by atoms with Crippen LogP contribution in [0.4, 0.5) is 5.82 Å². The highest BCUT2D eigenvalue weighted by Gasteiger charge is 2.20. The SMILES string of the molecule is Cn1cc(S(=O)(=O)Nc2cc(Cl)ccn2)cc1C(=O)O. The molecule has 0 saturated heterocycles. The van der Waals surface area contributed by atoms with E-state index in [0.717, 1.165) is 6.07 Å². The van der Waals surface area contributed by atoms with Crippen molar-refractivity contribution in [2.45, 2.75) is 4.90 Å². The number of rotatable bonds is 4. The van der Waals surface area contributed by atoms with Gasteiger partial charge in [-0.1, -0.05) is 11.6 Å². The number of nitrogens with zero attached hydrogens (tertiary/aromatic N) is 2. The summed E-state index contributed by atoms with van der Waals surface area (Å²) in [6.07, 6.45) is 2.56. The van der Waals surface area contributed by atoms with Gasteiger partial charge in [0.15, 0.2) is 0 Å². The van der Waals surface area contributed by atoms with E-state index in [9.17, 15) is 13.2 Å². The number of hydrogen-bond acceptors (Lipinski definition) is 4. The number of carbonyl (C=O) groups is 1. The third-order valence-corrected chi connectivity index (χ3v) is 4.03. The van der Waals surface area contributed by atoms with Crippen molar-refractivity contribution in [2.75, 3.05) is 4.72 Å². The van der Waals surface area contributed by atoms with Crippen LogP contribution in [0.1, 0.15) is 10.5 Å². The fourth-order valence-electron chi connectivity index (χ4n) is 1.55. The Hall–Kier alpha value is -2.06. The van der Waals surface area contributed by atoms with Crippen LogP contribution in [0, 0.1) is 0 Å². The van der Waals surface area contributed by atoms with E-state index >= 15 is 0 Å². The second-order valence-corrected chi connectivity index (χ2v) is 6.06. The third-order valence-electron chi connectivity index (χ3n) is 2.47. The molecule has 7 nitrogen and oxygen atoms in total. The van der Waals surface area contributed by atoms with Crippen LogP contribution in [0.15, 0.2) is 35.5 Å².